The molecule has 0 radical (unpaired) electrons. The van der Waals surface area contributed by atoms with Crippen molar-refractivity contribution in [3.8, 4) is 0 Å². The van der Waals surface area contributed by atoms with Crippen molar-refractivity contribution in [3.63, 3.8) is 0 Å². The Hall–Kier alpha value is -0.370. The molecule has 2 heteroatoms. The number of Topliss-reactive ketones (excluding diaryl/α,β-unsaturated/α-hetero) is 1. The lowest BCUT2D eigenvalue weighted by Crippen LogP contribution is -2.33. The lowest BCUT2D eigenvalue weighted by molar-refractivity contribution is -0.127. The fraction of sp³-hybridized carbons (Fsp3) is 0.944. The van der Waals surface area contributed by atoms with Crippen molar-refractivity contribution < 1.29 is 4.79 Å². The van der Waals surface area contributed by atoms with Gasteiger partial charge in [-0.15, -0.1) is 0 Å². The zero-order valence-electron chi connectivity index (χ0n) is 13.9. The summed E-state index contributed by atoms with van der Waals surface area (Å²) >= 11 is 0. The van der Waals surface area contributed by atoms with Crippen LogP contribution in [0.15, 0.2) is 0 Å². The van der Waals surface area contributed by atoms with Crippen LogP contribution in [0.1, 0.15) is 78.6 Å². The number of hydrogen-bond donors (Lipinski definition) is 1. The number of ketones is 1. The summed E-state index contributed by atoms with van der Waals surface area (Å²) in [5.41, 5.74) is 5.49. The van der Waals surface area contributed by atoms with Crippen LogP contribution in [-0.4, -0.2) is 12.3 Å². The number of rotatable bonds is 9. The molecule has 0 aromatic rings. The summed E-state index contributed by atoms with van der Waals surface area (Å²) in [5, 5.41) is 0. The lowest BCUT2D eigenvalue weighted by Gasteiger charge is -2.36. The third kappa shape index (κ3) is 5.95. The molecule has 118 valence electrons. The number of unbranched alkanes of at least 4 members (excludes halogenated alkanes) is 4. The van der Waals surface area contributed by atoms with E-state index in [9.17, 15) is 4.79 Å². The molecule has 0 aromatic carbocycles. The highest BCUT2D eigenvalue weighted by Gasteiger charge is 2.34. The van der Waals surface area contributed by atoms with Crippen LogP contribution in [0, 0.1) is 23.7 Å². The van der Waals surface area contributed by atoms with Gasteiger partial charge in [-0.05, 0) is 50.0 Å². The first-order chi connectivity index (χ1) is 9.56. The van der Waals surface area contributed by atoms with Crippen LogP contribution < -0.4 is 5.73 Å². The summed E-state index contributed by atoms with van der Waals surface area (Å²) in [4.78, 5) is 12.5. The number of hydrogen-bond acceptors (Lipinski definition) is 2. The van der Waals surface area contributed by atoms with Crippen LogP contribution >= 0.6 is 0 Å². The normalized spacial score (nSPS) is 26.9. The van der Waals surface area contributed by atoms with Gasteiger partial charge in [0.1, 0.15) is 5.78 Å². The Morgan fingerprint density at radius 3 is 2.40 bits per heavy atom. The van der Waals surface area contributed by atoms with Crippen molar-refractivity contribution >= 4 is 5.78 Å². The molecule has 0 heterocycles. The van der Waals surface area contributed by atoms with Gasteiger partial charge in [0.2, 0.25) is 0 Å². The molecule has 0 spiro atoms. The van der Waals surface area contributed by atoms with E-state index in [1.807, 2.05) is 0 Å². The number of carbonyl (C=O) groups excluding carboxylic acids is 1. The second kappa shape index (κ2) is 9.55. The summed E-state index contributed by atoms with van der Waals surface area (Å²) in [6.45, 7) is 7.68. The van der Waals surface area contributed by atoms with Crippen molar-refractivity contribution in [3.05, 3.63) is 0 Å². The average Bonchev–Trinajstić information content (AvgIpc) is 2.42. The maximum atomic E-state index is 12.5. The largest absolute Gasteiger partial charge is 0.330 e. The summed E-state index contributed by atoms with van der Waals surface area (Å²) in [6, 6.07) is 0. The van der Waals surface area contributed by atoms with E-state index in [1.165, 1.54) is 32.1 Å². The van der Waals surface area contributed by atoms with E-state index in [-0.39, 0.29) is 0 Å². The minimum absolute atomic E-state index is 0.350. The molecule has 1 fully saturated rings. The molecule has 20 heavy (non-hydrogen) atoms. The van der Waals surface area contributed by atoms with Crippen LogP contribution in [-0.2, 0) is 4.79 Å². The molecule has 1 aliphatic rings. The standard InChI is InChI=1S/C18H35NO/c1-14(2)16-11-10-15(3)13-17(16)18(20)9-7-5-4-6-8-12-19/h14-17H,4-13,19H2,1-3H3/t15-,16+,17-/m1/s1. The van der Waals surface area contributed by atoms with Crippen LogP contribution in [0.2, 0.25) is 0 Å². The van der Waals surface area contributed by atoms with Crippen molar-refractivity contribution in [2.75, 3.05) is 6.54 Å². The van der Waals surface area contributed by atoms with Crippen LogP contribution in [0.3, 0.4) is 0 Å². The third-order valence-corrected chi connectivity index (χ3v) is 5.06. The summed E-state index contributed by atoms with van der Waals surface area (Å²) < 4.78 is 0. The molecular formula is C18H35NO. The minimum atomic E-state index is 0.350. The highest BCUT2D eigenvalue weighted by atomic mass is 16.1. The van der Waals surface area contributed by atoms with Gasteiger partial charge in [-0.2, -0.15) is 0 Å². The number of nitrogens with two attached hydrogens (primary N) is 1. The summed E-state index contributed by atoms with van der Waals surface area (Å²) in [6.07, 6.45) is 10.4. The third-order valence-electron chi connectivity index (χ3n) is 5.06. The van der Waals surface area contributed by atoms with E-state index in [4.69, 9.17) is 5.73 Å². The zero-order valence-corrected chi connectivity index (χ0v) is 13.9. The van der Waals surface area contributed by atoms with Gasteiger partial charge in [0.05, 0.1) is 0 Å². The Kier molecular flexibility index (Phi) is 8.44. The van der Waals surface area contributed by atoms with Gasteiger partial charge < -0.3 is 5.73 Å². The molecule has 1 saturated carbocycles. The number of carbonyl (C=O) groups is 1. The van der Waals surface area contributed by atoms with Gasteiger partial charge in [0, 0.05) is 12.3 Å². The first kappa shape index (κ1) is 17.7. The van der Waals surface area contributed by atoms with E-state index >= 15 is 0 Å². The molecule has 2 nitrogen and oxygen atoms in total. The SMILES string of the molecule is CC(C)[C@@H]1CC[C@@H](C)C[C@H]1C(=O)CCCCCCCN. The van der Waals surface area contributed by atoms with Gasteiger partial charge in [-0.25, -0.2) is 0 Å². The Bertz CT molecular complexity index is 275. The van der Waals surface area contributed by atoms with Crippen molar-refractivity contribution in [1.29, 1.82) is 0 Å². The first-order valence-corrected chi connectivity index (χ1v) is 8.79. The van der Waals surface area contributed by atoms with E-state index in [0.29, 0.717) is 23.5 Å². The molecule has 2 N–H and O–H groups in total. The maximum Gasteiger partial charge on any atom is 0.136 e. The zero-order chi connectivity index (χ0) is 15.0. The molecule has 0 unspecified atom stereocenters. The second-order valence-corrected chi connectivity index (χ2v) is 7.21. The highest BCUT2D eigenvalue weighted by Crippen LogP contribution is 2.39. The lowest BCUT2D eigenvalue weighted by atomic mass is 9.68. The summed E-state index contributed by atoms with van der Waals surface area (Å²) in [5.74, 6) is 2.93. The molecule has 0 amide bonds. The predicted molar refractivity (Wildman–Crippen MR) is 86.6 cm³/mol. The Morgan fingerprint density at radius 1 is 1.10 bits per heavy atom. The first-order valence-electron chi connectivity index (χ1n) is 8.79. The molecular weight excluding hydrogens is 246 g/mol. The maximum absolute atomic E-state index is 12.5. The second-order valence-electron chi connectivity index (χ2n) is 7.21. The molecule has 0 bridgehead atoms. The van der Waals surface area contributed by atoms with Gasteiger partial charge in [0.15, 0.2) is 0 Å². The highest BCUT2D eigenvalue weighted by molar-refractivity contribution is 5.81. The van der Waals surface area contributed by atoms with Gasteiger partial charge in [0.25, 0.3) is 0 Å². The van der Waals surface area contributed by atoms with Crippen molar-refractivity contribution in [1.82, 2.24) is 0 Å². The fourth-order valence-electron chi connectivity index (χ4n) is 3.73. The molecule has 1 rings (SSSR count). The minimum Gasteiger partial charge on any atom is -0.330 e. The predicted octanol–water partition coefficient (Wildman–Crippen LogP) is 4.56. The summed E-state index contributed by atoms with van der Waals surface area (Å²) in [7, 11) is 0. The van der Waals surface area contributed by atoms with Crippen molar-refractivity contribution in [2.24, 2.45) is 29.4 Å². The quantitative estimate of drug-likeness (QED) is 0.629. The Morgan fingerprint density at radius 2 is 1.75 bits per heavy atom. The van der Waals surface area contributed by atoms with Crippen LogP contribution in [0.4, 0.5) is 0 Å². The van der Waals surface area contributed by atoms with E-state index < -0.39 is 0 Å². The topological polar surface area (TPSA) is 43.1 Å². The molecule has 0 aliphatic heterocycles. The van der Waals surface area contributed by atoms with Crippen molar-refractivity contribution in [2.45, 2.75) is 78.6 Å². The molecule has 0 aromatic heterocycles. The van der Waals surface area contributed by atoms with E-state index in [0.717, 1.165) is 38.1 Å². The smallest absolute Gasteiger partial charge is 0.136 e. The fourth-order valence-corrected chi connectivity index (χ4v) is 3.73. The van der Waals surface area contributed by atoms with E-state index in [1.54, 1.807) is 0 Å². The average molecular weight is 281 g/mol. The Balaban J connectivity index is 2.31. The van der Waals surface area contributed by atoms with Crippen LogP contribution in [0.25, 0.3) is 0 Å². The Labute approximate surface area is 125 Å². The van der Waals surface area contributed by atoms with Gasteiger partial charge in [-0.1, -0.05) is 46.5 Å². The van der Waals surface area contributed by atoms with Gasteiger partial charge >= 0.3 is 0 Å². The van der Waals surface area contributed by atoms with E-state index in [2.05, 4.69) is 20.8 Å². The van der Waals surface area contributed by atoms with Crippen LogP contribution in [0.5, 0.6) is 0 Å². The monoisotopic (exact) mass is 281 g/mol. The molecule has 0 saturated heterocycles. The van der Waals surface area contributed by atoms with Gasteiger partial charge in [-0.3, -0.25) is 4.79 Å². The molecule has 1 aliphatic carbocycles. The molecule has 3 atom stereocenters.